The van der Waals surface area contributed by atoms with Crippen LogP contribution in [0.5, 0.6) is 0 Å². The van der Waals surface area contributed by atoms with Gasteiger partial charge in [-0.25, -0.2) is 8.42 Å². The Hall–Kier alpha value is -1.11. The molecule has 3 rings (SSSR count). The van der Waals surface area contributed by atoms with Gasteiger partial charge in [0.15, 0.2) is 14.6 Å². The molecule has 1 heterocycles. The van der Waals surface area contributed by atoms with Crippen molar-refractivity contribution in [1.82, 2.24) is 10.6 Å². The number of rotatable bonds is 5. The number of piperidine rings is 1. The van der Waals surface area contributed by atoms with Crippen molar-refractivity contribution in [3.05, 3.63) is 35.4 Å². The van der Waals surface area contributed by atoms with Crippen LogP contribution < -0.4 is 10.6 Å². The number of sulfone groups is 1. The van der Waals surface area contributed by atoms with E-state index in [2.05, 4.69) is 35.8 Å². The van der Waals surface area contributed by atoms with Crippen molar-refractivity contribution in [1.29, 1.82) is 0 Å². The van der Waals surface area contributed by atoms with Crippen molar-refractivity contribution in [2.45, 2.75) is 62.0 Å². The van der Waals surface area contributed by atoms with Crippen molar-refractivity contribution in [2.24, 2.45) is 0 Å². The number of halogens is 1. The lowest BCUT2D eigenvalue weighted by Gasteiger charge is -2.41. The van der Waals surface area contributed by atoms with Crippen molar-refractivity contribution in [3.8, 4) is 0 Å². The fourth-order valence-corrected chi connectivity index (χ4v) is 6.30. The predicted octanol–water partition coefficient (Wildman–Crippen LogP) is 2.90. The van der Waals surface area contributed by atoms with Gasteiger partial charge in [-0.05, 0) is 56.8 Å². The van der Waals surface area contributed by atoms with Gasteiger partial charge in [0.1, 0.15) is 0 Å². The topological polar surface area (TPSA) is 75.3 Å². The number of benzene rings is 1. The molecule has 0 bridgehead atoms. The number of hydrogen-bond donors (Lipinski definition) is 2. The molecule has 28 heavy (non-hydrogen) atoms. The van der Waals surface area contributed by atoms with Crippen molar-refractivity contribution in [2.75, 3.05) is 25.9 Å². The Morgan fingerprint density at radius 2 is 1.68 bits per heavy atom. The lowest BCUT2D eigenvalue weighted by molar-refractivity contribution is -0.124. The molecule has 0 aromatic heterocycles. The average molecular weight is 429 g/mol. The van der Waals surface area contributed by atoms with E-state index in [9.17, 15) is 13.2 Å². The summed E-state index contributed by atoms with van der Waals surface area (Å²) in [6.07, 6.45) is 7.47. The molecule has 2 aliphatic rings. The number of amides is 1. The van der Waals surface area contributed by atoms with Crippen molar-refractivity contribution >= 4 is 28.2 Å². The van der Waals surface area contributed by atoms with E-state index in [4.69, 9.17) is 0 Å². The van der Waals surface area contributed by atoms with Crippen LogP contribution in [0.15, 0.2) is 24.3 Å². The highest BCUT2D eigenvalue weighted by molar-refractivity contribution is 7.92. The Morgan fingerprint density at radius 3 is 2.25 bits per heavy atom. The molecule has 0 spiro atoms. The monoisotopic (exact) mass is 428 g/mol. The van der Waals surface area contributed by atoms with Gasteiger partial charge in [0.25, 0.3) is 0 Å². The van der Waals surface area contributed by atoms with Gasteiger partial charge in [0, 0.05) is 18.2 Å². The maximum atomic E-state index is 13.1. The molecule has 1 aliphatic carbocycles. The Kier molecular flexibility index (Phi) is 7.56. The molecule has 2 N–H and O–H groups in total. The highest BCUT2D eigenvalue weighted by atomic mass is 35.5. The van der Waals surface area contributed by atoms with Gasteiger partial charge < -0.3 is 10.6 Å². The molecular weight excluding hydrogens is 396 g/mol. The summed E-state index contributed by atoms with van der Waals surface area (Å²) >= 11 is 0. The summed E-state index contributed by atoms with van der Waals surface area (Å²) in [5.74, 6) is -0.315. The van der Waals surface area contributed by atoms with Crippen LogP contribution in [0.25, 0.3) is 0 Å². The van der Waals surface area contributed by atoms with Crippen LogP contribution in [0.4, 0.5) is 0 Å². The zero-order chi connectivity index (χ0) is 19.5. The van der Waals surface area contributed by atoms with Gasteiger partial charge >= 0.3 is 0 Å². The lowest BCUT2D eigenvalue weighted by atomic mass is 9.68. The number of carbonyl (C=O) groups is 1. The highest BCUT2D eigenvalue weighted by Gasteiger charge is 2.49. The number of hydrogen-bond acceptors (Lipinski definition) is 4. The predicted molar refractivity (Wildman–Crippen MR) is 116 cm³/mol. The van der Waals surface area contributed by atoms with Crippen LogP contribution in [0.3, 0.4) is 0 Å². The molecule has 0 radical (unpaired) electrons. The molecule has 0 unspecified atom stereocenters. The van der Waals surface area contributed by atoms with Crippen LogP contribution in [0, 0.1) is 6.92 Å². The maximum absolute atomic E-state index is 13.1. The summed E-state index contributed by atoms with van der Waals surface area (Å²) < 4.78 is 23.7. The van der Waals surface area contributed by atoms with E-state index < -0.39 is 14.6 Å². The fourth-order valence-electron chi connectivity index (χ4n) is 4.95. The van der Waals surface area contributed by atoms with Crippen LogP contribution in [-0.4, -0.2) is 45.0 Å². The first-order chi connectivity index (χ1) is 12.8. The lowest BCUT2D eigenvalue weighted by Crippen LogP contribution is -2.58. The zero-order valence-electron chi connectivity index (χ0n) is 16.9. The van der Waals surface area contributed by atoms with Gasteiger partial charge in [0.05, 0.1) is 0 Å². The molecule has 7 heteroatoms. The van der Waals surface area contributed by atoms with Gasteiger partial charge in [-0.15, -0.1) is 12.4 Å². The minimum atomic E-state index is -3.48. The SMILES string of the molecule is Cc1ccccc1C1(CNC(=O)C2(S(C)(=O)=O)CCNCC2)CCCCC1.Cl. The summed E-state index contributed by atoms with van der Waals surface area (Å²) in [7, 11) is -3.48. The molecule has 1 amide bonds. The summed E-state index contributed by atoms with van der Waals surface area (Å²) in [5.41, 5.74) is 2.45. The Balaban J connectivity index is 0.00000280. The maximum Gasteiger partial charge on any atom is 0.241 e. The first-order valence-corrected chi connectivity index (χ1v) is 11.9. The number of nitrogens with one attached hydrogen (secondary N) is 2. The van der Waals surface area contributed by atoms with E-state index in [1.807, 2.05) is 6.07 Å². The smallest absolute Gasteiger partial charge is 0.241 e. The van der Waals surface area contributed by atoms with Crippen molar-refractivity contribution < 1.29 is 13.2 Å². The first kappa shape index (κ1) is 23.2. The average Bonchev–Trinajstić information content (AvgIpc) is 2.67. The third kappa shape index (κ3) is 4.39. The Bertz CT molecular complexity index is 783. The summed E-state index contributed by atoms with van der Waals surface area (Å²) in [5, 5.41) is 6.26. The van der Waals surface area contributed by atoms with E-state index in [1.54, 1.807) is 0 Å². The van der Waals surface area contributed by atoms with Crippen LogP contribution in [-0.2, 0) is 20.0 Å². The van der Waals surface area contributed by atoms with Gasteiger partial charge in [-0.1, -0.05) is 43.5 Å². The number of aryl methyl sites for hydroxylation is 1. The molecule has 2 fully saturated rings. The summed E-state index contributed by atoms with van der Waals surface area (Å²) in [4.78, 5) is 13.1. The fraction of sp³-hybridized carbons (Fsp3) is 0.667. The molecule has 1 saturated heterocycles. The number of carbonyl (C=O) groups excluding carboxylic acids is 1. The second-order valence-electron chi connectivity index (χ2n) is 8.36. The standard InChI is InChI=1S/C21H32N2O3S.ClH/c1-17-8-4-5-9-18(17)20(10-6-3-7-11-20)16-23-19(24)21(27(2,25)26)12-14-22-15-13-21;/h4-5,8-9,22H,3,6-7,10-16H2,1-2H3,(H,23,24);1H. The van der Waals surface area contributed by atoms with Crippen LogP contribution in [0.2, 0.25) is 0 Å². The third-order valence-electron chi connectivity index (χ3n) is 6.65. The zero-order valence-corrected chi connectivity index (χ0v) is 18.6. The molecule has 1 aliphatic heterocycles. The minimum Gasteiger partial charge on any atom is -0.354 e. The molecule has 158 valence electrons. The third-order valence-corrected chi connectivity index (χ3v) is 8.66. The van der Waals surface area contributed by atoms with Crippen LogP contribution >= 0.6 is 12.4 Å². The second-order valence-corrected chi connectivity index (χ2v) is 10.7. The van der Waals surface area contributed by atoms with Gasteiger partial charge in [-0.3, -0.25) is 4.79 Å². The Labute approximate surface area is 175 Å². The second kappa shape index (κ2) is 9.14. The minimum absolute atomic E-state index is 0. The van der Waals surface area contributed by atoms with E-state index in [0.717, 1.165) is 25.7 Å². The largest absolute Gasteiger partial charge is 0.354 e. The molecule has 1 aromatic carbocycles. The highest BCUT2D eigenvalue weighted by Crippen LogP contribution is 2.40. The van der Waals surface area contributed by atoms with E-state index in [-0.39, 0.29) is 23.7 Å². The first-order valence-electron chi connectivity index (χ1n) is 10.1. The molecule has 5 nitrogen and oxygen atoms in total. The summed E-state index contributed by atoms with van der Waals surface area (Å²) in [6, 6.07) is 8.40. The molecule has 1 saturated carbocycles. The van der Waals surface area contributed by atoms with E-state index in [1.165, 1.54) is 23.8 Å². The summed E-state index contributed by atoms with van der Waals surface area (Å²) in [6.45, 7) is 3.76. The quantitative estimate of drug-likeness (QED) is 0.756. The molecule has 1 aromatic rings. The van der Waals surface area contributed by atoms with E-state index in [0.29, 0.717) is 32.5 Å². The van der Waals surface area contributed by atoms with Crippen molar-refractivity contribution in [3.63, 3.8) is 0 Å². The van der Waals surface area contributed by atoms with E-state index >= 15 is 0 Å². The Morgan fingerprint density at radius 1 is 1.07 bits per heavy atom. The molecule has 0 atom stereocenters. The van der Waals surface area contributed by atoms with Gasteiger partial charge in [-0.2, -0.15) is 0 Å². The van der Waals surface area contributed by atoms with Crippen LogP contribution in [0.1, 0.15) is 56.1 Å². The normalized spacial score (nSPS) is 21.4. The van der Waals surface area contributed by atoms with Gasteiger partial charge in [0.2, 0.25) is 5.91 Å². The molecular formula is C21H33ClN2O3S.